The maximum Gasteiger partial charge on any atom is 0.230 e. The largest absolute Gasteiger partial charge is 0.544 e. The molecule has 0 saturated heterocycles. The Morgan fingerprint density at radius 2 is 2.00 bits per heavy atom. The van der Waals surface area contributed by atoms with Gasteiger partial charge in [-0.05, 0) is 38.3 Å². The number of rotatable bonds is 9. The standard InChI is InChI=1S/C17H26N2O3/c1-4-5-6-9-18-15(17(21)22)11-16(20)19-14-8-7-12(2)10-13(14)3/h7-8,10,15,18H,4-6,9,11H2,1-3H3,(H,19,20)(H,21,22). The first kappa shape index (κ1) is 18.2. The SMILES string of the molecule is CCCCC[NH2+]C(CC(=O)Nc1ccc(C)cc1C)C(=O)[O-]. The second-order valence-electron chi connectivity index (χ2n) is 5.73. The number of quaternary nitrogens is 1. The highest BCUT2D eigenvalue weighted by Gasteiger charge is 2.18. The van der Waals surface area contributed by atoms with Gasteiger partial charge in [0.15, 0.2) is 0 Å². The van der Waals surface area contributed by atoms with Gasteiger partial charge >= 0.3 is 0 Å². The van der Waals surface area contributed by atoms with Crippen LogP contribution >= 0.6 is 0 Å². The first-order valence-electron chi connectivity index (χ1n) is 7.85. The molecule has 1 aromatic rings. The second-order valence-corrected chi connectivity index (χ2v) is 5.73. The molecule has 0 aliphatic heterocycles. The van der Waals surface area contributed by atoms with E-state index in [0.29, 0.717) is 6.54 Å². The Bertz CT molecular complexity index is 515. The van der Waals surface area contributed by atoms with Crippen LogP contribution in [0.25, 0.3) is 0 Å². The van der Waals surface area contributed by atoms with Crippen LogP contribution in [-0.4, -0.2) is 24.5 Å². The van der Waals surface area contributed by atoms with Crippen LogP contribution in [0.3, 0.4) is 0 Å². The van der Waals surface area contributed by atoms with Crippen LogP contribution in [0.2, 0.25) is 0 Å². The minimum absolute atomic E-state index is 0.0816. The molecule has 0 spiro atoms. The number of carbonyl (C=O) groups excluding carboxylic acids is 2. The Hall–Kier alpha value is -1.88. The number of benzene rings is 1. The van der Waals surface area contributed by atoms with Crippen molar-refractivity contribution in [2.24, 2.45) is 0 Å². The fourth-order valence-corrected chi connectivity index (χ4v) is 2.33. The summed E-state index contributed by atoms with van der Waals surface area (Å²) in [4.78, 5) is 23.2. The summed E-state index contributed by atoms with van der Waals surface area (Å²) in [6, 6.07) is 4.89. The molecule has 22 heavy (non-hydrogen) atoms. The number of nitrogens with one attached hydrogen (secondary N) is 1. The van der Waals surface area contributed by atoms with Crippen molar-refractivity contribution in [2.45, 2.75) is 52.5 Å². The van der Waals surface area contributed by atoms with Gasteiger partial charge in [0.2, 0.25) is 5.91 Å². The lowest BCUT2D eigenvalue weighted by atomic mass is 10.1. The van der Waals surface area contributed by atoms with E-state index in [1.54, 1.807) is 5.32 Å². The van der Waals surface area contributed by atoms with Crippen molar-refractivity contribution >= 4 is 17.6 Å². The van der Waals surface area contributed by atoms with E-state index in [2.05, 4.69) is 12.2 Å². The highest BCUT2D eigenvalue weighted by Crippen LogP contribution is 2.16. The molecular formula is C17H26N2O3. The van der Waals surface area contributed by atoms with E-state index in [1.807, 2.05) is 32.0 Å². The topological polar surface area (TPSA) is 85.8 Å². The predicted molar refractivity (Wildman–Crippen MR) is 84.3 cm³/mol. The van der Waals surface area contributed by atoms with Crippen LogP contribution in [0.4, 0.5) is 5.69 Å². The average molecular weight is 306 g/mol. The van der Waals surface area contributed by atoms with E-state index < -0.39 is 12.0 Å². The first-order chi connectivity index (χ1) is 10.4. The fourth-order valence-electron chi connectivity index (χ4n) is 2.33. The van der Waals surface area contributed by atoms with Gasteiger partial charge in [0.1, 0.15) is 6.04 Å². The molecule has 0 radical (unpaired) electrons. The first-order valence-corrected chi connectivity index (χ1v) is 7.85. The molecule has 0 aliphatic rings. The van der Waals surface area contributed by atoms with Crippen LogP contribution in [-0.2, 0) is 9.59 Å². The summed E-state index contributed by atoms with van der Waals surface area (Å²) in [5.74, 6) is -1.49. The minimum Gasteiger partial charge on any atom is -0.544 e. The number of nitrogens with two attached hydrogens (primary N) is 1. The lowest BCUT2D eigenvalue weighted by Gasteiger charge is -2.17. The number of amides is 1. The van der Waals surface area contributed by atoms with E-state index >= 15 is 0 Å². The van der Waals surface area contributed by atoms with Crippen molar-refractivity contribution in [3.05, 3.63) is 29.3 Å². The molecule has 0 aliphatic carbocycles. The third-order valence-electron chi connectivity index (χ3n) is 3.62. The van der Waals surface area contributed by atoms with Crippen LogP contribution in [0.5, 0.6) is 0 Å². The van der Waals surface area contributed by atoms with Crippen molar-refractivity contribution in [1.29, 1.82) is 0 Å². The van der Waals surface area contributed by atoms with E-state index in [4.69, 9.17) is 0 Å². The molecule has 1 rings (SSSR count). The third-order valence-corrected chi connectivity index (χ3v) is 3.62. The van der Waals surface area contributed by atoms with Gasteiger partial charge in [-0.2, -0.15) is 0 Å². The van der Waals surface area contributed by atoms with Gasteiger partial charge in [0.25, 0.3) is 0 Å². The number of hydrogen-bond donors (Lipinski definition) is 2. The highest BCUT2D eigenvalue weighted by atomic mass is 16.4. The summed E-state index contributed by atoms with van der Waals surface area (Å²) < 4.78 is 0. The van der Waals surface area contributed by atoms with Gasteiger partial charge in [-0.15, -0.1) is 0 Å². The van der Waals surface area contributed by atoms with Gasteiger partial charge in [0, 0.05) is 5.69 Å². The molecule has 5 nitrogen and oxygen atoms in total. The van der Waals surface area contributed by atoms with Gasteiger partial charge in [-0.3, -0.25) is 4.79 Å². The van der Waals surface area contributed by atoms with E-state index in [9.17, 15) is 14.7 Å². The zero-order valence-electron chi connectivity index (χ0n) is 13.6. The van der Waals surface area contributed by atoms with Crippen LogP contribution in [0.1, 0.15) is 43.7 Å². The summed E-state index contributed by atoms with van der Waals surface area (Å²) in [6.07, 6.45) is 3.00. The average Bonchev–Trinajstić information content (AvgIpc) is 2.45. The molecule has 1 atom stereocenters. The maximum absolute atomic E-state index is 12.0. The van der Waals surface area contributed by atoms with Crippen molar-refractivity contribution < 1.29 is 20.0 Å². The van der Waals surface area contributed by atoms with Crippen LogP contribution in [0, 0.1) is 13.8 Å². The molecule has 122 valence electrons. The molecule has 0 saturated carbocycles. The minimum atomic E-state index is -1.19. The summed E-state index contributed by atoms with van der Waals surface area (Å²) >= 11 is 0. The molecule has 0 fully saturated rings. The Kier molecular flexibility index (Phi) is 7.60. The van der Waals surface area contributed by atoms with Crippen molar-refractivity contribution in [3.8, 4) is 0 Å². The zero-order chi connectivity index (χ0) is 16.5. The second kappa shape index (κ2) is 9.20. The zero-order valence-corrected chi connectivity index (χ0v) is 13.6. The van der Waals surface area contributed by atoms with E-state index in [-0.39, 0.29) is 12.3 Å². The summed E-state index contributed by atoms with van der Waals surface area (Å²) in [6.45, 7) is 6.68. The molecule has 1 amide bonds. The molecule has 3 N–H and O–H groups in total. The van der Waals surface area contributed by atoms with E-state index in [0.717, 1.165) is 36.1 Å². The normalized spacial score (nSPS) is 12.0. The van der Waals surface area contributed by atoms with Crippen molar-refractivity contribution in [2.75, 3.05) is 11.9 Å². The van der Waals surface area contributed by atoms with Crippen molar-refractivity contribution in [3.63, 3.8) is 0 Å². The fraction of sp³-hybridized carbons (Fsp3) is 0.529. The number of carbonyl (C=O) groups is 2. The Morgan fingerprint density at radius 1 is 1.27 bits per heavy atom. The molecule has 1 aromatic carbocycles. The Morgan fingerprint density at radius 3 is 2.59 bits per heavy atom. The molecule has 0 heterocycles. The summed E-state index contributed by atoms with van der Waals surface area (Å²) in [5.41, 5.74) is 2.80. The summed E-state index contributed by atoms with van der Waals surface area (Å²) in [7, 11) is 0. The number of carboxylic acid groups (broad SMARTS) is 1. The van der Waals surface area contributed by atoms with E-state index in [1.165, 1.54) is 0 Å². The van der Waals surface area contributed by atoms with Gasteiger partial charge in [-0.1, -0.05) is 31.0 Å². The number of unbranched alkanes of at least 4 members (excludes halogenated alkanes) is 2. The van der Waals surface area contributed by atoms with Gasteiger partial charge in [0.05, 0.1) is 18.9 Å². The number of aryl methyl sites for hydroxylation is 2. The summed E-state index contributed by atoms with van der Waals surface area (Å²) in [5, 5.41) is 15.6. The quantitative estimate of drug-likeness (QED) is 0.652. The number of carboxylic acids is 1. The monoisotopic (exact) mass is 306 g/mol. The molecule has 5 heteroatoms. The Labute approximate surface area is 132 Å². The predicted octanol–water partition coefficient (Wildman–Crippen LogP) is 0.504. The third kappa shape index (κ3) is 6.26. The highest BCUT2D eigenvalue weighted by molar-refractivity contribution is 5.94. The maximum atomic E-state index is 12.0. The molecular weight excluding hydrogens is 280 g/mol. The van der Waals surface area contributed by atoms with Gasteiger partial charge < -0.3 is 20.5 Å². The molecule has 0 bridgehead atoms. The molecule has 0 aromatic heterocycles. The lowest BCUT2D eigenvalue weighted by molar-refractivity contribution is -0.682. The number of aliphatic carboxylic acids is 1. The lowest BCUT2D eigenvalue weighted by Crippen LogP contribution is -2.93. The number of anilines is 1. The van der Waals surface area contributed by atoms with Gasteiger partial charge in [-0.25, -0.2) is 0 Å². The smallest absolute Gasteiger partial charge is 0.230 e. The van der Waals surface area contributed by atoms with Crippen LogP contribution < -0.4 is 15.7 Å². The van der Waals surface area contributed by atoms with Crippen LogP contribution in [0.15, 0.2) is 18.2 Å². The number of hydrogen-bond acceptors (Lipinski definition) is 3. The van der Waals surface area contributed by atoms with Crippen molar-refractivity contribution in [1.82, 2.24) is 0 Å². The molecule has 1 unspecified atom stereocenters. The Balaban J connectivity index is 2.54.